The lowest BCUT2D eigenvalue weighted by atomic mass is 9.99. The predicted molar refractivity (Wildman–Crippen MR) is 109 cm³/mol. The van der Waals surface area contributed by atoms with Crippen molar-refractivity contribution in [2.45, 2.75) is 51.2 Å². The van der Waals surface area contributed by atoms with Gasteiger partial charge in [0.05, 0.1) is 19.0 Å². The summed E-state index contributed by atoms with van der Waals surface area (Å²) in [7, 11) is 0. The van der Waals surface area contributed by atoms with Crippen LogP contribution in [0.2, 0.25) is 0 Å². The van der Waals surface area contributed by atoms with Gasteiger partial charge in [0, 0.05) is 0 Å². The first-order chi connectivity index (χ1) is 13.5. The minimum Gasteiger partial charge on any atom is -0.480 e. The van der Waals surface area contributed by atoms with E-state index in [1.54, 1.807) is 0 Å². The largest absolute Gasteiger partial charge is 0.480 e. The molecule has 0 saturated carbocycles. The fraction of sp³-hybridized carbons (Fsp3) is 0.706. The molecule has 29 heavy (non-hydrogen) atoms. The molecule has 0 heterocycles. The summed E-state index contributed by atoms with van der Waals surface area (Å²) >= 11 is 1.48. The van der Waals surface area contributed by atoms with Crippen molar-refractivity contribution in [2.75, 3.05) is 18.6 Å². The second kappa shape index (κ2) is 13.8. The third-order valence-electron chi connectivity index (χ3n) is 4.27. The number of nitrogens with one attached hydrogen (secondary N) is 3. The van der Waals surface area contributed by atoms with Crippen LogP contribution in [0.15, 0.2) is 0 Å². The van der Waals surface area contributed by atoms with Gasteiger partial charge in [0.25, 0.3) is 0 Å². The Bertz CT molecular complexity index is 603. The van der Waals surface area contributed by atoms with E-state index in [1.807, 2.05) is 20.1 Å². The van der Waals surface area contributed by atoms with Crippen LogP contribution in [-0.2, 0) is 24.0 Å². The van der Waals surface area contributed by atoms with E-state index in [0.717, 1.165) is 0 Å². The summed E-state index contributed by atoms with van der Waals surface area (Å²) in [5, 5.41) is 16.0. The van der Waals surface area contributed by atoms with Crippen LogP contribution in [0.25, 0.3) is 0 Å². The third-order valence-corrected chi connectivity index (χ3v) is 4.91. The highest BCUT2D eigenvalue weighted by molar-refractivity contribution is 7.98. The first-order valence-electron chi connectivity index (χ1n) is 9.16. The van der Waals surface area contributed by atoms with Crippen molar-refractivity contribution in [3.8, 4) is 0 Å². The van der Waals surface area contributed by atoms with Gasteiger partial charge in [-0.25, -0.2) is 4.79 Å². The zero-order valence-electron chi connectivity index (χ0n) is 16.9. The third kappa shape index (κ3) is 10.7. The minimum atomic E-state index is -1.49. The standard InChI is InChI=1S/C17H31N5O6S/c1-4-9(2)14(19)16(26)22-10(5-6-29-3)15(25)20-8-13(24)21-11(17(27)28)7-12(18)23/h9-11,14H,4-8,19H2,1-3H3,(H2,18,23)(H,20,25)(H,21,24)(H,22,26)(H,27,28). The van der Waals surface area contributed by atoms with E-state index >= 15 is 0 Å². The number of hydrogen-bond donors (Lipinski definition) is 6. The molecule has 0 aromatic carbocycles. The number of thioether (sulfide) groups is 1. The van der Waals surface area contributed by atoms with Crippen LogP contribution in [0.5, 0.6) is 0 Å². The highest BCUT2D eigenvalue weighted by Gasteiger charge is 2.27. The Morgan fingerprint density at radius 2 is 1.69 bits per heavy atom. The van der Waals surface area contributed by atoms with Gasteiger partial charge < -0.3 is 32.5 Å². The first kappa shape index (κ1) is 26.7. The van der Waals surface area contributed by atoms with Crippen molar-refractivity contribution >= 4 is 41.4 Å². The van der Waals surface area contributed by atoms with Crippen molar-refractivity contribution in [2.24, 2.45) is 17.4 Å². The molecule has 0 bridgehead atoms. The Hall–Kier alpha value is -2.34. The highest BCUT2D eigenvalue weighted by Crippen LogP contribution is 2.07. The molecule has 12 heteroatoms. The van der Waals surface area contributed by atoms with Crippen LogP contribution < -0.4 is 27.4 Å². The minimum absolute atomic E-state index is 0.0664. The van der Waals surface area contributed by atoms with Crippen LogP contribution in [0, 0.1) is 5.92 Å². The van der Waals surface area contributed by atoms with E-state index in [1.165, 1.54) is 11.8 Å². The van der Waals surface area contributed by atoms with Crippen LogP contribution in [-0.4, -0.2) is 71.4 Å². The Morgan fingerprint density at radius 3 is 2.17 bits per heavy atom. The second-order valence-electron chi connectivity index (χ2n) is 6.60. The number of amides is 4. The maximum absolute atomic E-state index is 12.4. The van der Waals surface area contributed by atoms with Crippen molar-refractivity contribution in [3.05, 3.63) is 0 Å². The molecule has 4 atom stereocenters. The lowest BCUT2D eigenvalue weighted by Gasteiger charge is -2.23. The van der Waals surface area contributed by atoms with E-state index in [0.29, 0.717) is 18.6 Å². The Balaban J connectivity index is 4.84. The van der Waals surface area contributed by atoms with Gasteiger partial charge in [-0.15, -0.1) is 0 Å². The number of rotatable bonds is 14. The quantitative estimate of drug-likeness (QED) is 0.184. The second-order valence-corrected chi connectivity index (χ2v) is 7.59. The molecule has 0 fully saturated rings. The molecule has 0 aromatic heterocycles. The number of carboxylic acids is 1. The molecule has 0 aliphatic rings. The molecular weight excluding hydrogens is 402 g/mol. The SMILES string of the molecule is CCC(C)C(N)C(=O)NC(CCSC)C(=O)NCC(=O)NC(CC(N)=O)C(=O)O. The number of carbonyl (C=O) groups is 5. The smallest absolute Gasteiger partial charge is 0.326 e. The summed E-state index contributed by atoms with van der Waals surface area (Å²) in [5.41, 5.74) is 10.8. The van der Waals surface area contributed by atoms with Crippen molar-refractivity contribution in [1.82, 2.24) is 16.0 Å². The molecule has 0 saturated heterocycles. The van der Waals surface area contributed by atoms with Gasteiger partial charge in [-0.1, -0.05) is 20.3 Å². The molecule has 8 N–H and O–H groups in total. The Labute approximate surface area is 174 Å². The number of primary amides is 1. The predicted octanol–water partition coefficient (Wildman–Crippen LogP) is -1.84. The van der Waals surface area contributed by atoms with E-state index in [-0.39, 0.29) is 5.92 Å². The normalized spacial score (nSPS) is 14.8. The van der Waals surface area contributed by atoms with Crippen LogP contribution >= 0.6 is 11.8 Å². The van der Waals surface area contributed by atoms with Crippen molar-refractivity contribution < 1.29 is 29.1 Å². The van der Waals surface area contributed by atoms with Gasteiger partial charge in [-0.3, -0.25) is 19.2 Å². The average molecular weight is 434 g/mol. The molecule has 4 amide bonds. The van der Waals surface area contributed by atoms with Gasteiger partial charge in [-0.2, -0.15) is 11.8 Å². The topological polar surface area (TPSA) is 194 Å². The monoisotopic (exact) mass is 433 g/mol. The molecule has 0 aliphatic heterocycles. The number of carboxylic acid groups (broad SMARTS) is 1. The molecule has 0 spiro atoms. The Morgan fingerprint density at radius 1 is 1.07 bits per heavy atom. The molecule has 0 rings (SSSR count). The molecule has 0 aromatic rings. The lowest BCUT2D eigenvalue weighted by molar-refractivity contribution is -0.143. The zero-order valence-corrected chi connectivity index (χ0v) is 17.7. The fourth-order valence-electron chi connectivity index (χ4n) is 2.22. The van der Waals surface area contributed by atoms with Crippen molar-refractivity contribution in [3.63, 3.8) is 0 Å². The molecule has 166 valence electrons. The summed E-state index contributed by atoms with van der Waals surface area (Å²) in [6.45, 7) is 3.21. The maximum Gasteiger partial charge on any atom is 0.326 e. The van der Waals surface area contributed by atoms with E-state index < -0.39 is 60.7 Å². The number of nitrogens with two attached hydrogens (primary N) is 2. The summed E-state index contributed by atoms with van der Waals surface area (Å²) in [4.78, 5) is 58.5. The average Bonchev–Trinajstić information content (AvgIpc) is 2.66. The van der Waals surface area contributed by atoms with Gasteiger partial charge in [-0.05, 0) is 24.3 Å². The highest BCUT2D eigenvalue weighted by atomic mass is 32.2. The number of aliphatic carboxylic acids is 1. The summed E-state index contributed by atoms with van der Waals surface area (Å²) in [5.74, 6) is -3.66. The fourth-order valence-corrected chi connectivity index (χ4v) is 2.69. The van der Waals surface area contributed by atoms with Gasteiger partial charge in [0.1, 0.15) is 12.1 Å². The van der Waals surface area contributed by atoms with Gasteiger partial charge in [0.15, 0.2) is 0 Å². The molecule has 4 unspecified atom stereocenters. The van der Waals surface area contributed by atoms with Gasteiger partial charge >= 0.3 is 5.97 Å². The lowest BCUT2D eigenvalue weighted by Crippen LogP contribution is -2.54. The van der Waals surface area contributed by atoms with E-state index in [2.05, 4.69) is 16.0 Å². The van der Waals surface area contributed by atoms with Gasteiger partial charge in [0.2, 0.25) is 23.6 Å². The molecule has 0 radical (unpaired) electrons. The first-order valence-corrected chi connectivity index (χ1v) is 10.6. The summed E-state index contributed by atoms with van der Waals surface area (Å²) < 4.78 is 0. The molecule has 0 aliphatic carbocycles. The number of hydrogen-bond acceptors (Lipinski definition) is 7. The van der Waals surface area contributed by atoms with Crippen LogP contribution in [0.4, 0.5) is 0 Å². The molecule has 11 nitrogen and oxygen atoms in total. The van der Waals surface area contributed by atoms with E-state index in [9.17, 15) is 24.0 Å². The summed E-state index contributed by atoms with van der Waals surface area (Å²) in [6.07, 6.45) is 2.30. The van der Waals surface area contributed by atoms with Crippen molar-refractivity contribution in [1.29, 1.82) is 0 Å². The van der Waals surface area contributed by atoms with Crippen LogP contribution in [0.3, 0.4) is 0 Å². The Kier molecular flexibility index (Phi) is 12.7. The zero-order chi connectivity index (χ0) is 22.6. The molecular formula is C17H31N5O6S. The maximum atomic E-state index is 12.4. The summed E-state index contributed by atoms with van der Waals surface area (Å²) in [6, 6.07) is -3.14. The number of carbonyl (C=O) groups excluding carboxylic acids is 4. The van der Waals surface area contributed by atoms with E-state index in [4.69, 9.17) is 16.6 Å². The van der Waals surface area contributed by atoms with Crippen LogP contribution in [0.1, 0.15) is 33.1 Å².